The second kappa shape index (κ2) is 3.21. The number of carbonyl (C=O) groups excluding carboxylic acids is 1. The van der Waals surface area contributed by atoms with Crippen molar-refractivity contribution in [2.24, 2.45) is 5.41 Å². The van der Waals surface area contributed by atoms with Gasteiger partial charge in [-0.1, -0.05) is 24.3 Å². The summed E-state index contributed by atoms with van der Waals surface area (Å²) in [4.78, 5) is 12.0. The van der Waals surface area contributed by atoms with Crippen molar-refractivity contribution in [1.82, 2.24) is 0 Å². The molecule has 0 aliphatic heterocycles. The SMILES string of the molecule is Cc1ccccc1C(=O)C1(CO)CC1. The number of aliphatic hydroxyl groups is 1. The summed E-state index contributed by atoms with van der Waals surface area (Å²) in [7, 11) is 0. The van der Waals surface area contributed by atoms with Crippen molar-refractivity contribution in [3.63, 3.8) is 0 Å². The number of hydrogen-bond acceptors (Lipinski definition) is 2. The lowest BCUT2D eigenvalue weighted by molar-refractivity contribution is 0.0829. The molecule has 1 fully saturated rings. The molecule has 1 aliphatic carbocycles. The van der Waals surface area contributed by atoms with Crippen molar-refractivity contribution >= 4 is 5.78 Å². The van der Waals surface area contributed by atoms with E-state index in [1.807, 2.05) is 31.2 Å². The fourth-order valence-corrected chi connectivity index (χ4v) is 1.72. The summed E-state index contributed by atoms with van der Waals surface area (Å²) >= 11 is 0. The Bertz CT molecular complexity index is 364. The zero-order chi connectivity index (χ0) is 10.2. The molecular formula is C12H14O2. The Balaban J connectivity index is 2.32. The van der Waals surface area contributed by atoms with E-state index >= 15 is 0 Å². The van der Waals surface area contributed by atoms with Crippen LogP contribution in [-0.4, -0.2) is 17.5 Å². The fourth-order valence-electron chi connectivity index (χ4n) is 1.72. The second-order valence-electron chi connectivity index (χ2n) is 4.08. The number of rotatable bonds is 3. The molecule has 1 saturated carbocycles. The molecule has 0 aromatic heterocycles. The van der Waals surface area contributed by atoms with E-state index in [1.54, 1.807) is 0 Å². The van der Waals surface area contributed by atoms with Crippen molar-refractivity contribution in [2.75, 3.05) is 6.61 Å². The van der Waals surface area contributed by atoms with Crippen LogP contribution in [0.15, 0.2) is 24.3 Å². The van der Waals surface area contributed by atoms with Crippen LogP contribution >= 0.6 is 0 Å². The standard InChI is InChI=1S/C12H14O2/c1-9-4-2-3-5-10(9)11(14)12(8-13)6-7-12/h2-5,13H,6-8H2,1H3. The molecule has 1 aliphatic rings. The first kappa shape index (κ1) is 9.41. The molecule has 0 saturated heterocycles. The van der Waals surface area contributed by atoms with Crippen LogP contribution in [0.1, 0.15) is 28.8 Å². The van der Waals surface area contributed by atoms with Gasteiger partial charge in [-0.3, -0.25) is 4.79 Å². The van der Waals surface area contributed by atoms with Crippen LogP contribution in [0.2, 0.25) is 0 Å². The molecule has 2 heteroatoms. The highest BCUT2D eigenvalue weighted by atomic mass is 16.3. The van der Waals surface area contributed by atoms with E-state index in [0.717, 1.165) is 24.0 Å². The van der Waals surface area contributed by atoms with Gasteiger partial charge in [-0.15, -0.1) is 0 Å². The molecule has 14 heavy (non-hydrogen) atoms. The van der Waals surface area contributed by atoms with Gasteiger partial charge < -0.3 is 5.11 Å². The normalized spacial score (nSPS) is 17.9. The summed E-state index contributed by atoms with van der Waals surface area (Å²) in [5.41, 5.74) is 1.32. The summed E-state index contributed by atoms with van der Waals surface area (Å²) in [6, 6.07) is 7.56. The van der Waals surface area contributed by atoms with E-state index in [0.29, 0.717) is 0 Å². The fraction of sp³-hybridized carbons (Fsp3) is 0.417. The van der Waals surface area contributed by atoms with Crippen molar-refractivity contribution in [3.8, 4) is 0 Å². The van der Waals surface area contributed by atoms with Gasteiger partial charge in [-0.2, -0.15) is 0 Å². The first-order valence-electron chi connectivity index (χ1n) is 4.91. The van der Waals surface area contributed by atoms with E-state index in [9.17, 15) is 4.79 Å². The maximum atomic E-state index is 12.0. The van der Waals surface area contributed by atoms with Gasteiger partial charge in [0.05, 0.1) is 12.0 Å². The monoisotopic (exact) mass is 190 g/mol. The van der Waals surface area contributed by atoms with Crippen LogP contribution in [0.4, 0.5) is 0 Å². The Morgan fingerprint density at radius 3 is 2.57 bits per heavy atom. The van der Waals surface area contributed by atoms with Gasteiger partial charge in [-0.25, -0.2) is 0 Å². The molecule has 0 spiro atoms. The average Bonchev–Trinajstić information content (AvgIpc) is 2.98. The van der Waals surface area contributed by atoms with Gasteiger partial charge in [0, 0.05) is 5.56 Å². The third-order valence-corrected chi connectivity index (χ3v) is 3.03. The predicted molar refractivity (Wildman–Crippen MR) is 54.3 cm³/mol. The van der Waals surface area contributed by atoms with Gasteiger partial charge in [-0.05, 0) is 25.3 Å². The summed E-state index contributed by atoms with van der Waals surface area (Å²) in [6.07, 6.45) is 1.66. The van der Waals surface area contributed by atoms with E-state index in [2.05, 4.69) is 0 Å². The van der Waals surface area contributed by atoms with Gasteiger partial charge in [0.25, 0.3) is 0 Å². The largest absolute Gasteiger partial charge is 0.395 e. The Morgan fingerprint density at radius 1 is 1.43 bits per heavy atom. The van der Waals surface area contributed by atoms with Gasteiger partial charge in [0.2, 0.25) is 0 Å². The van der Waals surface area contributed by atoms with E-state index in [4.69, 9.17) is 5.11 Å². The number of ketones is 1. The minimum Gasteiger partial charge on any atom is -0.395 e. The topological polar surface area (TPSA) is 37.3 Å². The molecule has 0 unspecified atom stereocenters. The highest BCUT2D eigenvalue weighted by Crippen LogP contribution is 2.47. The van der Waals surface area contributed by atoms with Crippen LogP contribution < -0.4 is 0 Å². The molecular weight excluding hydrogens is 176 g/mol. The first-order valence-corrected chi connectivity index (χ1v) is 4.91. The Labute approximate surface area is 83.6 Å². The summed E-state index contributed by atoms with van der Waals surface area (Å²) in [6.45, 7) is 1.92. The predicted octanol–water partition coefficient (Wildman–Crippen LogP) is 1.95. The number of aliphatic hydroxyl groups excluding tert-OH is 1. The molecule has 0 amide bonds. The van der Waals surface area contributed by atoms with E-state index in [-0.39, 0.29) is 12.4 Å². The highest BCUT2D eigenvalue weighted by molar-refractivity contribution is 6.03. The zero-order valence-corrected chi connectivity index (χ0v) is 8.29. The molecule has 1 aromatic carbocycles. The van der Waals surface area contributed by atoms with Crippen LogP contribution in [0.5, 0.6) is 0 Å². The van der Waals surface area contributed by atoms with Crippen LogP contribution in [0.3, 0.4) is 0 Å². The number of Topliss-reactive ketones (excluding diaryl/α,β-unsaturated/α-hetero) is 1. The van der Waals surface area contributed by atoms with Crippen molar-refractivity contribution in [1.29, 1.82) is 0 Å². The lowest BCUT2D eigenvalue weighted by Crippen LogP contribution is -2.20. The van der Waals surface area contributed by atoms with Gasteiger partial charge in [0.15, 0.2) is 5.78 Å². The van der Waals surface area contributed by atoms with E-state index in [1.165, 1.54) is 0 Å². The summed E-state index contributed by atoms with van der Waals surface area (Å²) in [5, 5.41) is 9.16. The molecule has 0 bridgehead atoms. The molecule has 2 nitrogen and oxygen atoms in total. The Hall–Kier alpha value is -1.15. The highest BCUT2D eigenvalue weighted by Gasteiger charge is 2.49. The van der Waals surface area contributed by atoms with Crippen molar-refractivity contribution in [2.45, 2.75) is 19.8 Å². The zero-order valence-electron chi connectivity index (χ0n) is 8.29. The molecule has 0 radical (unpaired) electrons. The number of benzene rings is 1. The minimum atomic E-state index is -0.438. The lowest BCUT2D eigenvalue weighted by Gasteiger charge is -2.11. The molecule has 2 rings (SSSR count). The van der Waals surface area contributed by atoms with E-state index < -0.39 is 5.41 Å². The van der Waals surface area contributed by atoms with Gasteiger partial charge in [0.1, 0.15) is 0 Å². The number of aryl methyl sites for hydroxylation is 1. The third kappa shape index (κ3) is 1.36. The summed E-state index contributed by atoms with van der Waals surface area (Å²) < 4.78 is 0. The van der Waals surface area contributed by atoms with Gasteiger partial charge >= 0.3 is 0 Å². The number of hydrogen-bond donors (Lipinski definition) is 1. The number of carbonyl (C=O) groups is 1. The van der Waals surface area contributed by atoms with Crippen LogP contribution in [-0.2, 0) is 0 Å². The average molecular weight is 190 g/mol. The van der Waals surface area contributed by atoms with Crippen molar-refractivity contribution < 1.29 is 9.90 Å². The molecule has 1 aromatic rings. The quantitative estimate of drug-likeness (QED) is 0.740. The Morgan fingerprint density at radius 2 is 2.07 bits per heavy atom. The lowest BCUT2D eigenvalue weighted by atomic mass is 9.93. The van der Waals surface area contributed by atoms with Crippen LogP contribution in [0, 0.1) is 12.3 Å². The first-order chi connectivity index (χ1) is 6.69. The maximum Gasteiger partial charge on any atom is 0.171 e. The third-order valence-electron chi connectivity index (χ3n) is 3.03. The molecule has 0 atom stereocenters. The molecule has 0 heterocycles. The minimum absolute atomic E-state index is 0.0137. The smallest absolute Gasteiger partial charge is 0.171 e. The summed E-state index contributed by atoms with van der Waals surface area (Å²) in [5.74, 6) is 0.109. The Kier molecular flexibility index (Phi) is 2.16. The van der Waals surface area contributed by atoms with Crippen LogP contribution in [0.25, 0.3) is 0 Å². The second-order valence-corrected chi connectivity index (χ2v) is 4.08. The van der Waals surface area contributed by atoms with Crippen molar-refractivity contribution in [3.05, 3.63) is 35.4 Å². The molecule has 1 N–H and O–H groups in total. The maximum absolute atomic E-state index is 12.0. The molecule has 74 valence electrons.